The van der Waals surface area contributed by atoms with E-state index in [9.17, 15) is 9.18 Å². The number of ether oxygens (including phenoxy) is 1. The first-order valence-corrected chi connectivity index (χ1v) is 7.33. The highest BCUT2D eigenvalue weighted by Gasteiger charge is 2.21. The summed E-state index contributed by atoms with van der Waals surface area (Å²) in [6.45, 7) is 1.47. The van der Waals surface area contributed by atoms with Crippen molar-refractivity contribution >= 4 is 23.2 Å². The number of alkyl halides is 2. The van der Waals surface area contributed by atoms with Gasteiger partial charge in [-0.15, -0.1) is 11.6 Å². The van der Waals surface area contributed by atoms with Crippen LogP contribution >= 0.6 is 11.6 Å². The molecule has 1 aromatic carbocycles. The highest BCUT2D eigenvalue weighted by Crippen LogP contribution is 2.33. The number of hydrogen-bond acceptors (Lipinski definition) is 3. The molecule has 7 heteroatoms. The lowest BCUT2D eigenvalue weighted by Crippen LogP contribution is -2.32. The van der Waals surface area contributed by atoms with Gasteiger partial charge in [-0.3, -0.25) is 9.89 Å². The second kappa shape index (κ2) is 7.79. The van der Waals surface area contributed by atoms with Crippen LogP contribution in [0.2, 0.25) is 0 Å². The van der Waals surface area contributed by atoms with Gasteiger partial charge in [-0.2, -0.15) is 5.10 Å². The summed E-state index contributed by atoms with van der Waals surface area (Å²) in [4.78, 5) is 13.8. The smallest absolute Gasteiger partial charge is 0.242 e. The van der Waals surface area contributed by atoms with Crippen molar-refractivity contribution in [3.05, 3.63) is 41.7 Å². The van der Waals surface area contributed by atoms with Crippen LogP contribution in [0.3, 0.4) is 0 Å². The first-order valence-electron chi connectivity index (χ1n) is 6.80. The normalized spacial score (nSPS) is 10.5. The van der Waals surface area contributed by atoms with E-state index in [0.29, 0.717) is 11.4 Å². The van der Waals surface area contributed by atoms with E-state index in [4.69, 9.17) is 16.3 Å². The van der Waals surface area contributed by atoms with Gasteiger partial charge in [0.2, 0.25) is 5.91 Å². The van der Waals surface area contributed by atoms with Crippen molar-refractivity contribution in [1.82, 2.24) is 10.2 Å². The predicted octanol–water partition coefficient (Wildman–Crippen LogP) is 2.84. The standard InChI is InChI=1S/C15H17ClFN3O2/c1-11-3-2-4-13(22-8-6-17)15(11)20(14(21)9-16)10-12-5-7-18-19-12/h2-5,7H,6,8-10H2,1H3,(H,18,19). The van der Waals surface area contributed by atoms with Crippen LogP contribution in [-0.2, 0) is 11.3 Å². The van der Waals surface area contributed by atoms with Crippen LogP contribution in [0.25, 0.3) is 0 Å². The average Bonchev–Trinajstić information content (AvgIpc) is 3.03. The number of amides is 1. The van der Waals surface area contributed by atoms with Gasteiger partial charge in [0, 0.05) is 6.20 Å². The molecule has 0 aliphatic rings. The molecule has 1 amide bonds. The molecular weight excluding hydrogens is 309 g/mol. The Labute approximate surface area is 133 Å². The minimum atomic E-state index is -0.600. The number of rotatable bonds is 7. The summed E-state index contributed by atoms with van der Waals surface area (Å²) in [7, 11) is 0. The molecule has 0 radical (unpaired) electrons. The highest BCUT2D eigenvalue weighted by atomic mass is 35.5. The maximum Gasteiger partial charge on any atom is 0.242 e. The maximum absolute atomic E-state index is 12.4. The molecule has 0 fully saturated rings. The third-order valence-corrected chi connectivity index (χ3v) is 3.34. The number of aryl methyl sites for hydroxylation is 1. The van der Waals surface area contributed by atoms with Gasteiger partial charge in [0.25, 0.3) is 0 Å². The molecule has 2 aromatic rings. The molecule has 1 heterocycles. The Hall–Kier alpha value is -2.08. The van der Waals surface area contributed by atoms with Crippen molar-refractivity contribution in [1.29, 1.82) is 0 Å². The number of aromatic amines is 1. The van der Waals surface area contributed by atoms with Crippen LogP contribution in [-0.4, -0.2) is 35.3 Å². The Morgan fingerprint density at radius 2 is 2.27 bits per heavy atom. The molecule has 1 N–H and O–H groups in total. The molecule has 2 rings (SSSR count). The first kappa shape index (κ1) is 16.3. The van der Waals surface area contributed by atoms with E-state index >= 15 is 0 Å². The number of nitrogens with zero attached hydrogens (tertiary/aromatic N) is 2. The Bertz CT molecular complexity index is 619. The molecule has 0 bridgehead atoms. The van der Waals surface area contributed by atoms with Gasteiger partial charge in [-0.05, 0) is 24.6 Å². The van der Waals surface area contributed by atoms with E-state index in [1.165, 1.54) is 4.90 Å². The van der Waals surface area contributed by atoms with Crippen molar-refractivity contribution < 1.29 is 13.9 Å². The van der Waals surface area contributed by atoms with Gasteiger partial charge in [-0.25, -0.2) is 4.39 Å². The minimum absolute atomic E-state index is 0.0661. The number of anilines is 1. The summed E-state index contributed by atoms with van der Waals surface area (Å²) >= 11 is 5.73. The summed E-state index contributed by atoms with van der Waals surface area (Å²) in [5.74, 6) is 0.0247. The number of nitrogens with one attached hydrogen (secondary N) is 1. The average molecular weight is 326 g/mol. The Kier molecular flexibility index (Phi) is 5.77. The molecule has 0 unspecified atom stereocenters. The van der Waals surface area contributed by atoms with Crippen LogP contribution in [0.1, 0.15) is 11.3 Å². The fourth-order valence-electron chi connectivity index (χ4n) is 2.15. The van der Waals surface area contributed by atoms with Gasteiger partial charge >= 0.3 is 0 Å². The number of hydrogen-bond donors (Lipinski definition) is 1. The van der Waals surface area contributed by atoms with E-state index in [1.54, 1.807) is 24.4 Å². The zero-order valence-corrected chi connectivity index (χ0v) is 12.9. The van der Waals surface area contributed by atoms with Crippen LogP contribution in [0.15, 0.2) is 30.5 Å². The number of para-hydroxylation sites is 1. The Morgan fingerprint density at radius 1 is 1.45 bits per heavy atom. The lowest BCUT2D eigenvalue weighted by atomic mass is 10.1. The van der Waals surface area contributed by atoms with E-state index in [1.807, 2.05) is 13.0 Å². The number of benzene rings is 1. The lowest BCUT2D eigenvalue weighted by molar-refractivity contribution is -0.116. The largest absolute Gasteiger partial charge is 0.489 e. The number of aromatic nitrogens is 2. The summed E-state index contributed by atoms with van der Waals surface area (Å²) in [5, 5.41) is 6.68. The molecule has 0 atom stereocenters. The lowest BCUT2D eigenvalue weighted by Gasteiger charge is -2.25. The van der Waals surface area contributed by atoms with E-state index in [0.717, 1.165) is 11.3 Å². The second-order valence-electron chi connectivity index (χ2n) is 4.65. The molecule has 1 aromatic heterocycles. The predicted molar refractivity (Wildman–Crippen MR) is 83.1 cm³/mol. The molecule has 0 saturated carbocycles. The summed E-state index contributed by atoms with van der Waals surface area (Å²) in [5.41, 5.74) is 2.20. The van der Waals surface area contributed by atoms with Crippen molar-refractivity contribution in [2.24, 2.45) is 0 Å². The molecule has 5 nitrogen and oxygen atoms in total. The van der Waals surface area contributed by atoms with Gasteiger partial charge in [0.15, 0.2) is 0 Å². The van der Waals surface area contributed by atoms with Gasteiger partial charge in [-0.1, -0.05) is 12.1 Å². The maximum atomic E-state index is 12.4. The summed E-state index contributed by atoms with van der Waals surface area (Å²) in [6, 6.07) is 7.14. The zero-order chi connectivity index (χ0) is 15.9. The number of H-pyrrole nitrogens is 1. The molecule has 0 saturated heterocycles. The summed E-state index contributed by atoms with van der Waals surface area (Å²) < 4.78 is 17.8. The van der Waals surface area contributed by atoms with Crippen molar-refractivity contribution in [3.63, 3.8) is 0 Å². The number of carbonyl (C=O) groups is 1. The van der Waals surface area contributed by atoms with Crippen LogP contribution in [0, 0.1) is 6.92 Å². The highest BCUT2D eigenvalue weighted by molar-refractivity contribution is 6.29. The third-order valence-electron chi connectivity index (χ3n) is 3.11. The van der Waals surface area contributed by atoms with Crippen LogP contribution in [0.5, 0.6) is 5.75 Å². The molecule has 118 valence electrons. The van der Waals surface area contributed by atoms with Gasteiger partial charge in [0.05, 0.1) is 17.9 Å². The third kappa shape index (κ3) is 3.76. The zero-order valence-electron chi connectivity index (χ0n) is 12.2. The fourth-order valence-corrected chi connectivity index (χ4v) is 2.29. The van der Waals surface area contributed by atoms with Crippen molar-refractivity contribution in [3.8, 4) is 5.75 Å². The quantitative estimate of drug-likeness (QED) is 0.796. The molecular formula is C15H17ClFN3O2. The summed E-state index contributed by atoms with van der Waals surface area (Å²) in [6.07, 6.45) is 1.61. The van der Waals surface area contributed by atoms with E-state index in [2.05, 4.69) is 10.2 Å². The minimum Gasteiger partial charge on any atom is -0.489 e. The Morgan fingerprint density at radius 3 is 2.91 bits per heavy atom. The molecule has 0 aliphatic carbocycles. The van der Waals surface area contributed by atoms with Crippen molar-refractivity contribution in [2.45, 2.75) is 13.5 Å². The molecule has 22 heavy (non-hydrogen) atoms. The molecule has 0 spiro atoms. The SMILES string of the molecule is Cc1cccc(OCCF)c1N(Cc1ccn[nH]1)C(=O)CCl. The molecule has 0 aliphatic heterocycles. The van der Waals surface area contributed by atoms with Crippen LogP contribution in [0.4, 0.5) is 10.1 Å². The Balaban J connectivity index is 2.39. The second-order valence-corrected chi connectivity index (χ2v) is 4.92. The fraction of sp³-hybridized carbons (Fsp3) is 0.333. The monoisotopic (exact) mass is 325 g/mol. The van der Waals surface area contributed by atoms with Crippen LogP contribution < -0.4 is 9.64 Å². The van der Waals surface area contributed by atoms with E-state index < -0.39 is 6.67 Å². The van der Waals surface area contributed by atoms with E-state index in [-0.39, 0.29) is 24.9 Å². The number of carbonyl (C=O) groups excluding carboxylic acids is 1. The number of halogens is 2. The first-order chi connectivity index (χ1) is 10.7. The topological polar surface area (TPSA) is 58.2 Å². The van der Waals surface area contributed by atoms with Crippen molar-refractivity contribution in [2.75, 3.05) is 24.1 Å². The van der Waals surface area contributed by atoms with Gasteiger partial charge in [0.1, 0.15) is 24.9 Å². The van der Waals surface area contributed by atoms with Gasteiger partial charge < -0.3 is 9.64 Å².